The summed E-state index contributed by atoms with van der Waals surface area (Å²) in [4.78, 5) is 22.4. The van der Waals surface area contributed by atoms with Crippen molar-refractivity contribution in [2.45, 2.75) is 20.0 Å². The van der Waals surface area contributed by atoms with Crippen LogP contribution < -0.4 is 0 Å². The highest BCUT2D eigenvalue weighted by atomic mass is 16.5. The first kappa shape index (κ1) is 12.7. The van der Waals surface area contributed by atoms with E-state index in [0.717, 1.165) is 0 Å². The predicted octanol–water partition coefficient (Wildman–Crippen LogP) is 0.403. The molecule has 0 aromatic rings. The van der Waals surface area contributed by atoms with Crippen LogP contribution in [0.3, 0.4) is 0 Å². The van der Waals surface area contributed by atoms with E-state index in [9.17, 15) is 9.59 Å². The van der Waals surface area contributed by atoms with Crippen molar-refractivity contribution in [3.05, 3.63) is 0 Å². The second kappa shape index (κ2) is 6.17. The molecule has 0 fully saturated rings. The van der Waals surface area contributed by atoms with Crippen molar-refractivity contribution >= 4 is 11.8 Å². The molecule has 0 aromatic heterocycles. The van der Waals surface area contributed by atoms with Crippen LogP contribution in [-0.2, 0) is 19.1 Å². The number of ketones is 1. The van der Waals surface area contributed by atoms with Gasteiger partial charge in [0.1, 0.15) is 11.9 Å². The van der Waals surface area contributed by atoms with Crippen molar-refractivity contribution in [3.8, 4) is 12.3 Å². The lowest BCUT2D eigenvalue weighted by Crippen LogP contribution is -2.35. The summed E-state index contributed by atoms with van der Waals surface area (Å²) in [7, 11) is 1.21. The largest absolute Gasteiger partial charge is 0.468 e. The minimum Gasteiger partial charge on any atom is -0.468 e. The Bertz CT molecular complexity index is 251. The van der Waals surface area contributed by atoms with Crippen LogP contribution in [0.15, 0.2) is 0 Å². The molecule has 0 aliphatic rings. The molecule has 0 rings (SSSR count). The topological polar surface area (TPSA) is 52.6 Å². The van der Waals surface area contributed by atoms with E-state index in [1.807, 2.05) is 0 Å². The number of ether oxygens (including phenoxy) is 2. The van der Waals surface area contributed by atoms with E-state index < -0.39 is 18.0 Å². The first-order chi connectivity index (χ1) is 6.58. The lowest BCUT2D eigenvalue weighted by molar-refractivity contribution is -0.153. The van der Waals surface area contributed by atoms with Crippen LogP contribution in [0.2, 0.25) is 0 Å². The fraction of sp³-hybridized carbons (Fsp3) is 0.600. The lowest BCUT2D eigenvalue weighted by atomic mass is 9.99. The normalized spacial score (nSPS) is 13.9. The van der Waals surface area contributed by atoms with Gasteiger partial charge in [0.25, 0.3) is 0 Å². The van der Waals surface area contributed by atoms with Crippen molar-refractivity contribution in [3.63, 3.8) is 0 Å². The van der Waals surface area contributed by atoms with Gasteiger partial charge in [-0.25, -0.2) is 0 Å². The SMILES string of the molecule is C#CC(OCC)C(C(C)=O)C(=O)OC. The highest BCUT2D eigenvalue weighted by molar-refractivity contribution is 5.98. The summed E-state index contributed by atoms with van der Waals surface area (Å²) in [5, 5.41) is 0. The fourth-order valence-electron chi connectivity index (χ4n) is 1.05. The van der Waals surface area contributed by atoms with Crippen LogP contribution in [0.25, 0.3) is 0 Å². The third-order valence-corrected chi connectivity index (χ3v) is 1.71. The van der Waals surface area contributed by atoms with Gasteiger partial charge in [0.05, 0.1) is 7.11 Å². The Morgan fingerprint density at radius 2 is 2.07 bits per heavy atom. The Labute approximate surface area is 83.6 Å². The maximum atomic E-state index is 11.2. The molecule has 0 aliphatic heterocycles. The van der Waals surface area contributed by atoms with Gasteiger partial charge >= 0.3 is 5.97 Å². The van der Waals surface area contributed by atoms with Gasteiger partial charge in [0.15, 0.2) is 5.92 Å². The maximum absolute atomic E-state index is 11.2. The maximum Gasteiger partial charge on any atom is 0.319 e. The monoisotopic (exact) mass is 198 g/mol. The molecule has 14 heavy (non-hydrogen) atoms. The van der Waals surface area contributed by atoms with Crippen molar-refractivity contribution in [2.24, 2.45) is 5.92 Å². The number of hydrogen-bond acceptors (Lipinski definition) is 4. The quantitative estimate of drug-likeness (QED) is 0.364. The van der Waals surface area contributed by atoms with E-state index in [-0.39, 0.29) is 5.78 Å². The average Bonchev–Trinajstić information content (AvgIpc) is 2.16. The van der Waals surface area contributed by atoms with E-state index in [2.05, 4.69) is 10.7 Å². The summed E-state index contributed by atoms with van der Waals surface area (Å²) in [6, 6.07) is 0. The summed E-state index contributed by atoms with van der Waals surface area (Å²) in [6.45, 7) is 3.36. The second-order valence-electron chi connectivity index (χ2n) is 2.65. The Balaban J connectivity index is 4.71. The zero-order valence-electron chi connectivity index (χ0n) is 8.57. The van der Waals surface area contributed by atoms with Gasteiger partial charge in [-0.05, 0) is 13.8 Å². The van der Waals surface area contributed by atoms with E-state index in [1.165, 1.54) is 14.0 Å². The summed E-state index contributed by atoms with van der Waals surface area (Å²) < 4.78 is 9.55. The van der Waals surface area contributed by atoms with E-state index in [4.69, 9.17) is 11.2 Å². The molecule has 0 N–H and O–H groups in total. The van der Waals surface area contributed by atoms with Gasteiger partial charge in [-0.2, -0.15) is 0 Å². The molecule has 78 valence electrons. The summed E-state index contributed by atoms with van der Waals surface area (Å²) in [6.07, 6.45) is 4.31. The highest BCUT2D eigenvalue weighted by Crippen LogP contribution is 2.11. The van der Waals surface area contributed by atoms with Crippen molar-refractivity contribution in [2.75, 3.05) is 13.7 Å². The molecule has 0 aromatic carbocycles. The fourth-order valence-corrected chi connectivity index (χ4v) is 1.05. The molecular weight excluding hydrogens is 184 g/mol. The van der Waals surface area contributed by atoms with Crippen LogP contribution in [0, 0.1) is 18.3 Å². The third-order valence-electron chi connectivity index (χ3n) is 1.71. The summed E-state index contributed by atoms with van der Waals surface area (Å²) in [5.41, 5.74) is 0. The Kier molecular flexibility index (Phi) is 5.58. The molecule has 0 bridgehead atoms. The van der Waals surface area contributed by atoms with Gasteiger partial charge in [0, 0.05) is 6.61 Å². The number of terminal acetylenes is 1. The Hall–Kier alpha value is -1.34. The number of hydrogen-bond donors (Lipinski definition) is 0. The van der Waals surface area contributed by atoms with Crippen LogP contribution >= 0.6 is 0 Å². The molecule has 2 unspecified atom stereocenters. The molecule has 0 radical (unpaired) electrons. The molecule has 0 saturated carbocycles. The van der Waals surface area contributed by atoms with Gasteiger partial charge in [0.2, 0.25) is 0 Å². The Morgan fingerprint density at radius 3 is 2.36 bits per heavy atom. The molecule has 0 amide bonds. The second-order valence-corrected chi connectivity index (χ2v) is 2.65. The molecule has 0 spiro atoms. The van der Waals surface area contributed by atoms with Gasteiger partial charge in [-0.3, -0.25) is 9.59 Å². The van der Waals surface area contributed by atoms with Gasteiger partial charge in [-0.15, -0.1) is 6.42 Å². The predicted molar refractivity (Wildman–Crippen MR) is 50.4 cm³/mol. The van der Waals surface area contributed by atoms with Crippen LogP contribution in [0.1, 0.15) is 13.8 Å². The molecular formula is C10H14O4. The lowest BCUT2D eigenvalue weighted by Gasteiger charge is -2.17. The van der Waals surface area contributed by atoms with Crippen molar-refractivity contribution in [1.29, 1.82) is 0 Å². The molecule has 0 heterocycles. The zero-order chi connectivity index (χ0) is 11.1. The van der Waals surface area contributed by atoms with Crippen molar-refractivity contribution < 1.29 is 19.1 Å². The number of carbonyl (C=O) groups is 2. The zero-order valence-corrected chi connectivity index (χ0v) is 8.57. The smallest absolute Gasteiger partial charge is 0.319 e. The molecule has 4 nitrogen and oxygen atoms in total. The molecule has 0 aliphatic carbocycles. The minimum atomic E-state index is -1.02. The standard InChI is InChI=1S/C10H14O4/c1-5-8(14-6-2)9(7(3)11)10(12)13-4/h1,8-9H,6H2,2-4H3. The Morgan fingerprint density at radius 1 is 1.50 bits per heavy atom. The number of methoxy groups -OCH3 is 1. The number of rotatable bonds is 5. The minimum absolute atomic E-state index is 0.343. The highest BCUT2D eigenvalue weighted by Gasteiger charge is 2.32. The number of Topliss-reactive ketones (excluding diaryl/α,β-unsaturated/α-hetero) is 1. The van der Waals surface area contributed by atoms with E-state index in [0.29, 0.717) is 6.61 Å². The van der Waals surface area contributed by atoms with Gasteiger partial charge in [-0.1, -0.05) is 5.92 Å². The van der Waals surface area contributed by atoms with Gasteiger partial charge < -0.3 is 9.47 Å². The van der Waals surface area contributed by atoms with Crippen LogP contribution in [0.4, 0.5) is 0 Å². The number of esters is 1. The van der Waals surface area contributed by atoms with Crippen molar-refractivity contribution in [1.82, 2.24) is 0 Å². The number of carbonyl (C=O) groups excluding carboxylic acids is 2. The third kappa shape index (κ3) is 3.19. The summed E-state index contributed by atoms with van der Waals surface area (Å²) >= 11 is 0. The first-order valence-corrected chi connectivity index (χ1v) is 4.24. The molecule has 4 heteroatoms. The average molecular weight is 198 g/mol. The molecule has 0 saturated heterocycles. The van der Waals surface area contributed by atoms with Crippen LogP contribution in [0.5, 0.6) is 0 Å². The molecule has 2 atom stereocenters. The summed E-state index contributed by atoms with van der Waals surface area (Å²) in [5.74, 6) is 0.221. The first-order valence-electron chi connectivity index (χ1n) is 4.24. The van der Waals surface area contributed by atoms with E-state index >= 15 is 0 Å². The van der Waals surface area contributed by atoms with E-state index in [1.54, 1.807) is 6.92 Å². The van der Waals surface area contributed by atoms with Crippen LogP contribution in [-0.4, -0.2) is 31.6 Å².